The van der Waals surface area contributed by atoms with Crippen LogP contribution in [0, 0.1) is 5.92 Å². The topological polar surface area (TPSA) is 93.2 Å². The Labute approximate surface area is 185 Å². The summed E-state index contributed by atoms with van der Waals surface area (Å²) in [6.07, 6.45) is 0.797. The van der Waals surface area contributed by atoms with E-state index in [1.54, 1.807) is 24.3 Å². The van der Waals surface area contributed by atoms with Gasteiger partial charge in [0, 0.05) is 24.2 Å². The first kappa shape index (κ1) is 22.4. The summed E-state index contributed by atoms with van der Waals surface area (Å²) in [5.74, 6) is 0.770. The second-order valence-electron chi connectivity index (χ2n) is 7.39. The van der Waals surface area contributed by atoms with Gasteiger partial charge >= 0.3 is 0 Å². The Morgan fingerprint density at radius 3 is 2.35 bits per heavy atom. The van der Waals surface area contributed by atoms with E-state index in [1.807, 2.05) is 31.2 Å². The van der Waals surface area contributed by atoms with Crippen LogP contribution in [0.15, 0.2) is 48.5 Å². The number of carbonyl (C=O) groups excluding carboxylic acids is 2. The third-order valence-electron chi connectivity index (χ3n) is 4.34. The van der Waals surface area contributed by atoms with Gasteiger partial charge in [-0.25, -0.2) is 0 Å². The highest BCUT2D eigenvalue weighted by Gasteiger charge is 2.14. The molecule has 3 aromatic rings. The standard InChI is InChI=1S/C23H26N4O3S/c1-4-30-19-11-5-16(6-12-19)14-24-21(28)17-7-9-18(10-8-17)25-22(29)23-27-26-20(31-23)13-15(2)3/h5-12,15H,4,13-14H2,1-3H3,(H,24,28)(H,25,29). The van der Waals surface area contributed by atoms with Gasteiger partial charge in [0.05, 0.1) is 6.61 Å². The maximum absolute atomic E-state index is 12.4. The summed E-state index contributed by atoms with van der Waals surface area (Å²) in [6, 6.07) is 14.3. The second-order valence-corrected chi connectivity index (χ2v) is 8.45. The van der Waals surface area contributed by atoms with Gasteiger partial charge in [0.15, 0.2) is 0 Å². The predicted molar refractivity (Wildman–Crippen MR) is 122 cm³/mol. The molecule has 0 aliphatic rings. The molecule has 1 aromatic heterocycles. The molecule has 0 unspecified atom stereocenters. The number of carbonyl (C=O) groups is 2. The quantitative estimate of drug-likeness (QED) is 0.519. The van der Waals surface area contributed by atoms with E-state index in [-0.39, 0.29) is 11.8 Å². The lowest BCUT2D eigenvalue weighted by atomic mass is 10.1. The van der Waals surface area contributed by atoms with Crippen molar-refractivity contribution in [2.75, 3.05) is 11.9 Å². The molecule has 0 radical (unpaired) electrons. The number of amides is 2. The van der Waals surface area contributed by atoms with Crippen LogP contribution in [0.5, 0.6) is 5.75 Å². The predicted octanol–water partition coefficient (Wildman–Crippen LogP) is 4.32. The normalized spacial score (nSPS) is 10.7. The maximum Gasteiger partial charge on any atom is 0.286 e. The van der Waals surface area contributed by atoms with E-state index in [0.717, 1.165) is 22.7 Å². The number of nitrogens with one attached hydrogen (secondary N) is 2. The van der Waals surface area contributed by atoms with Crippen LogP contribution < -0.4 is 15.4 Å². The average molecular weight is 439 g/mol. The molecule has 0 spiro atoms. The lowest BCUT2D eigenvalue weighted by molar-refractivity contribution is 0.0950. The molecule has 31 heavy (non-hydrogen) atoms. The van der Waals surface area contributed by atoms with Crippen LogP contribution in [0.3, 0.4) is 0 Å². The summed E-state index contributed by atoms with van der Waals surface area (Å²) in [5, 5.41) is 14.9. The highest BCUT2D eigenvalue weighted by Crippen LogP contribution is 2.17. The zero-order valence-corrected chi connectivity index (χ0v) is 18.7. The van der Waals surface area contributed by atoms with Gasteiger partial charge in [0.1, 0.15) is 10.8 Å². The second kappa shape index (κ2) is 10.7. The molecule has 0 fully saturated rings. The molecule has 0 bridgehead atoms. The zero-order valence-electron chi connectivity index (χ0n) is 17.8. The van der Waals surface area contributed by atoms with Gasteiger partial charge in [-0.1, -0.05) is 37.3 Å². The summed E-state index contributed by atoms with van der Waals surface area (Å²) in [6.45, 7) is 7.16. The lowest BCUT2D eigenvalue weighted by Crippen LogP contribution is -2.22. The van der Waals surface area contributed by atoms with Crippen molar-refractivity contribution in [3.8, 4) is 5.75 Å². The smallest absolute Gasteiger partial charge is 0.286 e. The van der Waals surface area contributed by atoms with Crippen LogP contribution in [0.4, 0.5) is 5.69 Å². The molecule has 162 valence electrons. The number of hydrogen-bond donors (Lipinski definition) is 2. The number of ether oxygens (including phenoxy) is 1. The SMILES string of the molecule is CCOc1ccc(CNC(=O)c2ccc(NC(=O)c3nnc(CC(C)C)s3)cc2)cc1. The largest absolute Gasteiger partial charge is 0.494 e. The van der Waals surface area contributed by atoms with E-state index in [4.69, 9.17) is 4.74 Å². The zero-order chi connectivity index (χ0) is 22.2. The molecule has 1 heterocycles. The van der Waals surface area contributed by atoms with Crippen LogP contribution in [-0.4, -0.2) is 28.6 Å². The van der Waals surface area contributed by atoms with Crippen molar-refractivity contribution in [1.82, 2.24) is 15.5 Å². The minimum Gasteiger partial charge on any atom is -0.494 e. The monoisotopic (exact) mass is 438 g/mol. The molecule has 3 rings (SSSR count). The van der Waals surface area contributed by atoms with E-state index in [2.05, 4.69) is 34.7 Å². The maximum atomic E-state index is 12.4. The van der Waals surface area contributed by atoms with Gasteiger partial charge in [-0.2, -0.15) is 0 Å². The Balaban J connectivity index is 1.52. The van der Waals surface area contributed by atoms with Gasteiger partial charge in [0.2, 0.25) is 5.01 Å². The number of hydrogen-bond acceptors (Lipinski definition) is 6. The molecule has 2 N–H and O–H groups in total. The van der Waals surface area contributed by atoms with Crippen molar-refractivity contribution in [2.24, 2.45) is 5.92 Å². The summed E-state index contributed by atoms with van der Waals surface area (Å²) < 4.78 is 5.41. The van der Waals surface area contributed by atoms with Crippen molar-refractivity contribution >= 4 is 28.8 Å². The van der Waals surface area contributed by atoms with Crippen LogP contribution in [0.2, 0.25) is 0 Å². The molecule has 0 aliphatic carbocycles. The highest BCUT2D eigenvalue weighted by molar-refractivity contribution is 7.13. The third kappa shape index (κ3) is 6.62. The van der Waals surface area contributed by atoms with Gasteiger partial charge in [-0.15, -0.1) is 10.2 Å². The Kier molecular flexibility index (Phi) is 7.72. The first-order chi connectivity index (χ1) is 14.9. The molecule has 8 heteroatoms. The van der Waals surface area contributed by atoms with E-state index in [1.165, 1.54) is 11.3 Å². The summed E-state index contributed by atoms with van der Waals surface area (Å²) in [5.41, 5.74) is 2.09. The van der Waals surface area contributed by atoms with Crippen LogP contribution in [-0.2, 0) is 13.0 Å². The van der Waals surface area contributed by atoms with Crippen molar-refractivity contribution < 1.29 is 14.3 Å². The van der Waals surface area contributed by atoms with Gasteiger partial charge < -0.3 is 15.4 Å². The van der Waals surface area contributed by atoms with Gasteiger partial charge in [0.25, 0.3) is 11.8 Å². The number of aromatic nitrogens is 2. The Morgan fingerprint density at radius 2 is 1.71 bits per heavy atom. The number of rotatable bonds is 9. The molecule has 0 aliphatic heterocycles. The molecular weight excluding hydrogens is 412 g/mol. The molecule has 0 saturated heterocycles. The number of nitrogens with zero attached hydrogens (tertiary/aromatic N) is 2. The van der Waals surface area contributed by atoms with Crippen LogP contribution in [0.1, 0.15) is 51.5 Å². The third-order valence-corrected chi connectivity index (χ3v) is 5.28. The highest BCUT2D eigenvalue weighted by atomic mass is 32.1. The van der Waals surface area contributed by atoms with Gasteiger partial charge in [-0.3, -0.25) is 9.59 Å². The van der Waals surface area contributed by atoms with Gasteiger partial charge in [-0.05, 0) is 54.8 Å². The lowest BCUT2D eigenvalue weighted by Gasteiger charge is -2.08. The number of benzene rings is 2. The molecular formula is C23H26N4O3S. The van der Waals surface area contributed by atoms with E-state index in [9.17, 15) is 9.59 Å². The Morgan fingerprint density at radius 1 is 1.00 bits per heavy atom. The minimum absolute atomic E-state index is 0.186. The first-order valence-corrected chi connectivity index (χ1v) is 11.0. The Bertz CT molecular complexity index is 1010. The van der Waals surface area contributed by atoms with E-state index >= 15 is 0 Å². The fourth-order valence-electron chi connectivity index (χ4n) is 2.82. The van der Waals surface area contributed by atoms with E-state index < -0.39 is 0 Å². The summed E-state index contributed by atoms with van der Waals surface area (Å²) >= 11 is 1.30. The minimum atomic E-state index is -0.305. The molecule has 2 amide bonds. The fourth-order valence-corrected chi connectivity index (χ4v) is 3.77. The fraction of sp³-hybridized carbons (Fsp3) is 0.304. The first-order valence-electron chi connectivity index (χ1n) is 10.2. The van der Waals surface area contributed by atoms with E-state index in [0.29, 0.717) is 35.3 Å². The molecule has 0 saturated carbocycles. The van der Waals surface area contributed by atoms with Crippen molar-refractivity contribution in [3.63, 3.8) is 0 Å². The average Bonchev–Trinajstić information content (AvgIpc) is 3.22. The number of anilines is 1. The van der Waals surface area contributed by atoms with Crippen molar-refractivity contribution in [2.45, 2.75) is 33.7 Å². The van der Waals surface area contributed by atoms with Crippen molar-refractivity contribution in [1.29, 1.82) is 0 Å². The van der Waals surface area contributed by atoms with Crippen LogP contribution in [0.25, 0.3) is 0 Å². The summed E-state index contributed by atoms with van der Waals surface area (Å²) in [7, 11) is 0. The van der Waals surface area contributed by atoms with Crippen molar-refractivity contribution in [3.05, 3.63) is 69.7 Å². The molecule has 2 aromatic carbocycles. The molecule has 7 nitrogen and oxygen atoms in total. The molecule has 0 atom stereocenters. The Hall–Kier alpha value is -3.26. The summed E-state index contributed by atoms with van der Waals surface area (Å²) in [4.78, 5) is 24.8. The van der Waals surface area contributed by atoms with Crippen LogP contribution >= 0.6 is 11.3 Å².